The zero-order valence-corrected chi connectivity index (χ0v) is 11.3. The van der Waals surface area contributed by atoms with Gasteiger partial charge in [-0.2, -0.15) is 4.98 Å². The number of rotatable bonds is 8. The largest absolute Gasteiger partial charge is 0.370 e. The number of ether oxygens (including phenoxy) is 1. The second-order valence-corrected chi connectivity index (χ2v) is 4.93. The standard InChI is InChI=1S/C13H23N3O2/c1-3-5-10(8-14)13-15-12(16-18-13)11(17-4-2)9-6-7-9/h9-11H,3-8,14H2,1-2H3. The maximum atomic E-state index is 5.75. The number of hydrogen-bond donors (Lipinski definition) is 1. The van der Waals surface area contributed by atoms with E-state index in [-0.39, 0.29) is 12.0 Å². The van der Waals surface area contributed by atoms with Crippen molar-refractivity contribution in [1.82, 2.24) is 10.1 Å². The molecule has 1 aromatic rings. The van der Waals surface area contributed by atoms with Crippen LogP contribution in [0.2, 0.25) is 0 Å². The third-order valence-corrected chi connectivity index (χ3v) is 3.38. The summed E-state index contributed by atoms with van der Waals surface area (Å²) in [4.78, 5) is 4.50. The fourth-order valence-corrected chi connectivity index (χ4v) is 2.22. The Morgan fingerprint density at radius 1 is 1.44 bits per heavy atom. The van der Waals surface area contributed by atoms with Gasteiger partial charge in [-0.05, 0) is 32.1 Å². The van der Waals surface area contributed by atoms with Crippen LogP contribution in [-0.2, 0) is 4.74 Å². The van der Waals surface area contributed by atoms with E-state index in [1.165, 1.54) is 12.8 Å². The Hall–Kier alpha value is -0.940. The average Bonchev–Trinajstić information content (AvgIpc) is 3.11. The van der Waals surface area contributed by atoms with E-state index in [2.05, 4.69) is 17.1 Å². The Kier molecular flexibility index (Phi) is 4.72. The van der Waals surface area contributed by atoms with Crippen molar-refractivity contribution in [2.75, 3.05) is 13.2 Å². The molecule has 1 aliphatic carbocycles. The summed E-state index contributed by atoms with van der Waals surface area (Å²) in [6.07, 6.45) is 4.46. The van der Waals surface area contributed by atoms with E-state index in [0.29, 0.717) is 30.8 Å². The zero-order valence-electron chi connectivity index (χ0n) is 11.3. The second-order valence-electron chi connectivity index (χ2n) is 4.93. The van der Waals surface area contributed by atoms with Crippen LogP contribution in [0.1, 0.15) is 63.3 Å². The molecule has 0 amide bonds. The highest BCUT2D eigenvalue weighted by molar-refractivity contribution is 5.01. The summed E-state index contributed by atoms with van der Waals surface area (Å²) in [5, 5.41) is 4.08. The molecular formula is C13H23N3O2. The molecule has 102 valence electrons. The highest BCUT2D eigenvalue weighted by Crippen LogP contribution is 2.42. The van der Waals surface area contributed by atoms with Crippen LogP contribution >= 0.6 is 0 Å². The Bertz CT molecular complexity index is 363. The molecule has 1 heterocycles. The monoisotopic (exact) mass is 253 g/mol. The summed E-state index contributed by atoms with van der Waals surface area (Å²) < 4.78 is 11.1. The molecule has 2 rings (SSSR count). The SMILES string of the molecule is CCCC(CN)c1nc(C(OCC)C2CC2)no1. The minimum atomic E-state index is 0.00699. The van der Waals surface area contributed by atoms with Crippen molar-refractivity contribution in [3.8, 4) is 0 Å². The number of hydrogen-bond acceptors (Lipinski definition) is 5. The molecule has 1 aliphatic rings. The van der Waals surface area contributed by atoms with Gasteiger partial charge >= 0.3 is 0 Å². The molecule has 0 bridgehead atoms. The van der Waals surface area contributed by atoms with Gasteiger partial charge in [0.1, 0.15) is 6.10 Å². The van der Waals surface area contributed by atoms with Crippen LogP contribution in [0.3, 0.4) is 0 Å². The van der Waals surface area contributed by atoms with Crippen LogP contribution in [0.5, 0.6) is 0 Å². The molecule has 1 fully saturated rings. The maximum Gasteiger partial charge on any atom is 0.231 e. The quantitative estimate of drug-likeness (QED) is 0.770. The molecule has 0 aliphatic heterocycles. The van der Waals surface area contributed by atoms with E-state index in [1.54, 1.807) is 0 Å². The van der Waals surface area contributed by atoms with Crippen molar-refractivity contribution in [1.29, 1.82) is 0 Å². The summed E-state index contributed by atoms with van der Waals surface area (Å²) in [7, 11) is 0. The summed E-state index contributed by atoms with van der Waals surface area (Å²) >= 11 is 0. The fraction of sp³-hybridized carbons (Fsp3) is 0.846. The van der Waals surface area contributed by atoms with Gasteiger partial charge in [0.25, 0.3) is 0 Å². The normalized spacial score (nSPS) is 18.8. The van der Waals surface area contributed by atoms with Crippen molar-refractivity contribution in [2.45, 2.75) is 51.6 Å². The fourth-order valence-electron chi connectivity index (χ4n) is 2.22. The Balaban J connectivity index is 2.07. The van der Waals surface area contributed by atoms with Gasteiger partial charge in [-0.3, -0.25) is 0 Å². The van der Waals surface area contributed by atoms with E-state index in [0.717, 1.165) is 12.8 Å². The molecule has 0 aromatic carbocycles. The minimum absolute atomic E-state index is 0.00699. The van der Waals surface area contributed by atoms with Gasteiger partial charge < -0.3 is 15.0 Å². The molecule has 1 aromatic heterocycles. The van der Waals surface area contributed by atoms with Crippen molar-refractivity contribution in [3.63, 3.8) is 0 Å². The van der Waals surface area contributed by atoms with Crippen molar-refractivity contribution in [2.24, 2.45) is 11.7 Å². The van der Waals surface area contributed by atoms with Gasteiger partial charge in [0.05, 0.1) is 5.92 Å². The molecule has 2 atom stereocenters. The lowest BCUT2D eigenvalue weighted by Crippen LogP contribution is -2.13. The van der Waals surface area contributed by atoms with Crippen LogP contribution in [-0.4, -0.2) is 23.3 Å². The van der Waals surface area contributed by atoms with E-state index >= 15 is 0 Å². The maximum absolute atomic E-state index is 5.75. The smallest absolute Gasteiger partial charge is 0.231 e. The summed E-state index contributed by atoms with van der Waals surface area (Å²) in [6.45, 7) is 5.36. The Morgan fingerprint density at radius 3 is 2.78 bits per heavy atom. The molecule has 5 heteroatoms. The molecule has 2 N–H and O–H groups in total. The third kappa shape index (κ3) is 3.09. The molecule has 18 heavy (non-hydrogen) atoms. The minimum Gasteiger partial charge on any atom is -0.370 e. The summed E-state index contributed by atoms with van der Waals surface area (Å²) in [5.41, 5.74) is 5.75. The van der Waals surface area contributed by atoms with Crippen LogP contribution in [0.15, 0.2) is 4.52 Å². The van der Waals surface area contributed by atoms with Gasteiger partial charge in [0.15, 0.2) is 0 Å². The highest BCUT2D eigenvalue weighted by atomic mass is 16.5. The van der Waals surface area contributed by atoms with Crippen molar-refractivity contribution < 1.29 is 9.26 Å². The van der Waals surface area contributed by atoms with E-state index in [1.807, 2.05) is 6.92 Å². The lowest BCUT2D eigenvalue weighted by atomic mass is 10.0. The van der Waals surface area contributed by atoms with Crippen molar-refractivity contribution >= 4 is 0 Å². The number of aromatic nitrogens is 2. The van der Waals surface area contributed by atoms with Crippen LogP contribution in [0, 0.1) is 5.92 Å². The van der Waals surface area contributed by atoms with E-state index in [4.69, 9.17) is 15.0 Å². The molecule has 5 nitrogen and oxygen atoms in total. The van der Waals surface area contributed by atoms with Gasteiger partial charge in [-0.1, -0.05) is 18.5 Å². The third-order valence-electron chi connectivity index (χ3n) is 3.38. The topological polar surface area (TPSA) is 74.2 Å². The zero-order chi connectivity index (χ0) is 13.0. The lowest BCUT2D eigenvalue weighted by molar-refractivity contribution is 0.0384. The summed E-state index contributed by atoms with van der Waals surface area (Å²) in [5.74, 6) is 2.11. The van der Waals surface area contributed by atoms with Crippen molar-refractivity contribution in [3.05, 3.63) is 11.7 Å². The molecular weight excluding hydrogens is 230 g/mol. The predicted molar refractivity (Wildman–Crippen MR) is 68.1 cm³/mol. The highest BCUT2D eigenvalue weighted by Gasteiger charge is 2.36. The second kappa shape index (κ2) is 6.29. The lowest BCUT2D eigenvalue weighted by Gasteiger charge is -2.11. The van der Waals surface area contributed by atoms with Gasteiger partial charge in [0.2, 0.25) is 11.7 Å². The van der Waals surface area contributed by atoms with Gasteiger partial charge in [-0.15, -0.1) is 0 Å². The van der Waals surface area contributed by atoms with E-state index < -0.39 is 0 Å². The first-order valence-electron chi connectivity index (χ1n) is 6.95. The first-order valence-corrected chi connectivity index (χ1v) is 6.95. The van der Waals surface area contributed by atoms with Gasteiger partial charge in [0, 0.05) is 13.2 Å². The predicted octanol–water partition coefficient (Wildman–Crippen LogP) is 2.40. The Labute approximate surface area is 108 Å². The van der Waals surface area contributed by atoms with Crippen LogP contribution in [0.25, 0.3) is 0 Å². The first kappa shape index (κ1) is 13.5. The first-order chi connectivity index (χ1) is 8.80. The number of nitrogens with two attached hydrogens (primary N) is 1. The Morgan fingerprint density at radius 2 is 2.22 bits per heavy atom. The number of nitrogens with zero attached hydrogens (tertiary/aromatic N) is 2. The molecule has 0 radical (unpaired) electrons. The van der Waals surface area contributed by atoms with E-state index in [9.17, 15) is 0 Å². The summed E-state index contributed by atoms with van der Waals surface area (Å²) in [6, 6.07) is 0. The molecule has 0 spiro atoms. The molecule has 1 saturated carbocycles. The van der Waals surface area contributed by atoms with Crippen LogP contribution < -0.4 is 5.73 Å². The average molecular weight is 253 g/mol. The molecule has 2 unspecified atom stereocenters. The molecule has 0 saturated heterocycles. The van der Waals surface area contributed by atoms with Crippen LogP contribution in [0.4, 0.5) is 0 Å². The van der Waals surface area contributed by atoms with Gasteiger partial charge in [-0.25, -0.2) is 0 Å².